The van der Waals surface area contributed by atoms with Crippen LogP contribution in [0.4, 0.5) is 18.2 Å². The maximum Gasteiger partial charge on any atom is 0.471 e. The van der Waals surface area contributed by atoms with Crippen molar-refractivity contribution in [2.75, 3.05) is 5.32 Å². The predicted octanol–water partition coefficient (Wildman–Crippen LogP) is 2.46. The van der Waals surface area contributed by atoms with Gasteiger partial charge in [0.05, 0.1) is 10.4 Å². The molecule has 0 saturated heterocycles. The summed E-state index contributed by atoms with van der Waals surface area (Å²) in [5.74, 6) is -4.29. The molecule has 0 radical (unpaired) electrons. The Labute approximate surface area is 109 Å². The molecule has 1 aromatic rings. The van der Waals surface area contributed by atoms with E-state index in [1.54, 1.807) is 0 Å². The quantitative estimate of drug-likeness (QED) is 0.839. The van der Waals surface area contributed by atoms with E-state index in [4.69, 9.17) is 5.11 Å². The number of carbonyl (C=O) groups excluding carboxylic acids is 2. The summed E-state index contributed by atoms with van der Waals surface area (Å²) in [7, 11) is 0. The molecule has 0 aliphatic carbocycles. The van der Waals surface area contributed by atoms with Gasteiger partial charge >= 0.3 is 18.1 Å². The Hall–Kier alpha value is -1.90. The van der Waals surface area contributed by atoms with E-state index in [0.29, 0.717) is 11.3 Å². The van der Waals surface area contributed by atoms with Crippen molar-refractivity contribution in [1.82, 2.24) is 0 Å². The third kappa shape index (κ3) is 3.11. The summed E-state index contributed by atoms with van der Waals surface area (Å²) >= 11 is 0.505. The van der Waals surface area contributed by atoms with Crippen LogP contribution in [0.25, 0.3) is 0 Å². The van der Waals surface area contributed by atoms with Crippen LogP contribution in [0.2, 0.25) is 0 Å². The van der Waals surface area contributed by atoms with Gasteiger partial charge in [0.1, 0.15) is 5.00 Å². The molecule has 0 spiro atoms. The molecule has 104 valence electrons. The fourth-order valence-corrected chi connectivity index (χ4v) is 2.46. The smallest absolute Gasteiger partial charge is 0.471 e. The number of thiophene rings is 1. The van der Waals surface area contributed by atoms with E-state index in [1.165, 1.54) is 12.2 Å². The van der Waals surface area contributed by atoms with E-state index < -0.39 is 34.4 Å². The Balaban J connectivity index is 3.28. The van der Waals surface area contributed by atoms with Gasteiger partial charge in [0, 0.05) is 0 Å². The van der Waals surface area contributed by atoms with Gasteiger partial charge in [-0.15, -0.1) is 11.3 Å². The van der Waals surface area contributed by atoms with Crippen molar-refractivity contribution in [3.8, 4) is 0 Å². The van der Waals surface area contributed by atoms with Crippen molar-refractivity contribution in [1.29, 1.82) is 0 Å². The van der Waals surface area contributed by atoms with Crippen LogP contribution in [-0.2, 0) is 4.79 Å². The van der Waals surface area contributed by atoms with Crippen molar-refractivity contribution >= 4 is 34.0 Å². The van der Waals surface area contributed by atoms with Gasteiger partial charge in [-0.25, -0.2) is 4.79 Å². The number of carboxylic acid groups (broad SMARTS) is 1. The van der Waals surface area contributed by atoms with E-state index in [0.717, 1.165) is 6.92 Å². The van der Waals surface area contributed by atoms with Crippen LogP contribution < -0.4 is 5.32 Å². The summed E-state index contributed by atoms with van der Waals surface area (Å²) in [5, 5.41) is 9.89. The summed E-state index contributed by atoms with van der Waals surface area (Å²) in [5.41, 5.74) is -0.477. The van der Waals surface area contributed by atoms with Crippen LogP contribution in [0.5, 0.6) is 0 Å². The van der Waals surface area contributed by atoms with Crippen molar-refractivity contribution in [2.45, 2.75) is 20.0 Å². The van der Waals surface area contributed by atoms with Gasteiger partial charge in [0.2, 0.25) is 0 Å². The fourth-order valence-electron chi connectivity index (χ4n) is 1.37. The molecule has 1 rings (SSSR count). The van der Waals surface area contributed by atoms with Crippen LogP contribution in [0, 0.1) is 6.92 Å². The Morgan fingerprint density at radius 2 is 1.79 bits per heavy atom. The summed E-state index contributed by atoms with van der Waals surface area (Å²) in [6.07, 6.45) is -5.13. The average molecular weight is 295 g/mol. The summed E-state index contributed by atoms with van der Waals surface area (Å²) < 4.78 is 36.3. The zero-order valence-electron chi connectivity index (χ0n) is 9.71. The molecule has 0 fully saturated rings. The number of carboxylic acids is 1. The summed E-state index contributed by atoms with van der Waals surface area (Å²) in [6.45, 7) is 2.44. The van der Waals surface area contributed by atoms with Crippen LogP contribution >= 0.6 is 11.3 Å². The van der Waals surface area contributed by atoms with Gasteiger partial charge in [0.15, 0.2) is 5.78 Å². The number of aromatic carboxylic acids is 1. The van der Waals surface area contributed by atoms with Crippen LogP contribution in [0.1, 0.15) is 32.5 Å². The molecule has 2 N–H and O–H groups in total. The first-order chi connectivity index (χ1) is 8.55. The second kappa shape index (κ2) is 5.00. The minimum atomic E-state index is -5.13. The summed E-state index contributed by atoms with van der Waals surface area (Å²) in [4.78, 5) is 33.0. The first kappa shape index (κ1) is 15.2. The minimum absolute atomic E-state index is 0.00475. The fraction of sp³-hybridized carbons (Fsp3) is 0.300. The number of anilines is 1. The maximum absolute atomic E-state index is 12.1. The van der Waals surface area contributed by atoms with Gasteiger partial charge in [-0.1, -0.05) is 0 Å². The molecule has 0 unspecified atom stereocenters. The molecule has 19 heavy (non-hydrogen) atoms. The third-order valence-corrected chi connectivity index (χ3v) is 3.47. The molecule has 0 atom stereocenters. The number of alkyl halides is 3. The molecule has 1 heterocycles. The van der Waals surface area contributed by atoms with Crippen LogP contribution in [-0.4, -0.2) is 28.9 Å². The number of Topliss-reactive ketones (excluding diaryl/α,β-unsaturated/α-hetero) is 1. The monoisotopic (exact) mass is 295 g/mol. The normalized spacial score (nSPS) is 11.2. The van der Waals surface area contributed by atoms with E-state index in [-0.39, 0.29) is 10.4 Å². The topological polar surface area (TPSA) is 83.5 Å². The largest absolute Gasteiger partial charge is 0.478 e. The Kier molecular flexibility index (Phi) is 3.99. The van der Waals surface area contributed by atoms with Crippen molar-refractivity contribution in [2.24, 2.45) is 0 Å². The first-order valence-corrected chi connectivity index (χ1v) is 5.63. The lowest BCUT2D eigenvalue weighted by atomic mass is 10.1. The van der Waals surface area contributed by atoms with E-state index in [9.17, 15) is 27.6 Å². The average Bonchev–Trinajstić information content (AvgIpc) is 2.53. The van der Waals surface area contributed by atoms with E-state index in [1.807, 2.05) is 0 Å². The number of hydrogen-bond donors (Lipinski definition) is 2. The molecule has 1 aromatic heterocycles. The lowest BCUT2D eigenvalue weighted by molar-refractivity contribution is -0.167. The van der Waals surface area contributed by atoms with Gasteiger partial charge in [-0.3, -0.25) is 9.59 Å². The standard InChI is InChI=1S/C10H8F3NO4S/c1-3-5(8(16)17)7(19-6(3)4(2)15)14-9(18)10(11,12)13/h1-2H3,(H,14,18)(H,16,17). The maximum atomic E-state index is 12.1. The second-order valence-electron chi connectivity index (χ2n) is 3.57. The molecule has 0 bridgehead atoms. The number of ketones is 1. The number of nitrogens with one attached hydrogen (secondary N) is 1. The van der Waals surface area contributed by atoms with E-state index in [2.05, 4.69) is 0 Å². The predicted molar refractivity (Wildman–Crippen MR) is 60.7 cm³/mol. The van der Waals surface area contributed by atoms with Gasteiger partial charge in [-0.2, -0.15) is 13.2 Å². The molecule has 0 aliphatic heterocycles. The molecule has 0 aliphatic rings. The van der Waals surface area contributed by atoms with Gasteiger partial charge in [0.25, 0.3) is 0 Å². The third-order valence-electron chi connectivity index (χ3n) is 2.16. The molecule has 1 amide bonds. The zero-order chi connectivity index (χ0) is 15.0. The van der Waals surface area contributed by atoms with Gasteiger partial charge < -0.3 is 10.4 Å². The molecular weight excluding hydrogens is 287 g/mol. The second-order valence-corrected chi connectivity index (χ2v) is 4.59. The number of amides is 1. The number of halogens is 3. The lowest BCUT2D eigenvalue weighted by Crippen LogP contribution is -2.30. The van der Waals surface area contributed by atoms with Crippen molar-refractivity contribution < 1.29 is 32.7 Å². The number of carbonyl (C=O) groups is 3. The highest BCUT2D eigenvalue weighted by Crippen LogP contribution is 2.34. The molecular formula is C10H8F3NO4S. The van der Waals surface area contributed by atoms with Crippen molar-refractivity contribution in [3.63, 3.8) is 0 Å². The van der Waals surface area contributed by atoms with Crippen LogP contribution in [0.15, 0.2) is 0 Å². The summed E-state index contributed by atoms with van der Waals surface area (Å²) in [6, 6.07) is 0. The molecule has 9 heteroatoms. The SMILES string of the molecule is CC(=O)c1sc(NC(=O)C(F)(F)F)c(C(=O)O)c1C. The zero-order valence-corrected chi connectivity index (χ0v) is 10.5. The lowest BCUT2D eigenvalue weighted by Gasteiger charge is -2.06. The minimum Gasteiger partial charge on any atom is -0.478 e. The number of hydrogen-bond acceptors (Lipinski definition) is 4. The van der Waals surface area contributed by atoms with Crippen molar-refractivity contribution in [3.05, 3.63) is 16.0 Å². The van der Waals surface area contributed by atoms with E-state index >= 15 is 0 Å². The first-order valence-electron chi connectivity index (χ1n) is 4.81. The van der Waals surface area contributed by atoms with Crippen LogP contribution in [0.3, 0.4) is 0 Å². The Bertz CT molecular complexity index is 562. The highest BCUT2D eigenvalue weighted by Gasteiger charge is 2.40. The Morgan fingerprint density at radius 1 is 1.26 bits per heavy atom. The molecule has 0 aromatic carbocycles. The number of rotatable bonds is 3. The molecule has 0 saturated carbocycles. The Morgan fingerprint density at radius 3 is 2.16 bits per heavy atom. The molecule has 5 nitrogen and oxygen atoms in total. The van der Waals surface area contributed by atoms with Gasteiger partial charge in [-0.05, 0) is 19.4 Å². The highest BCUT2D eigenvalue weighted by atomic mass is 32.1. The highest BCUT2D eigenvalue weighted by molar-refractivity contribution is 7.18.